The van der Waals surface area contributed by atoms with Crippen molar-refractivity contribution >= 4 is 0 Å². The molecule has 2 aliphatic carbocycles. The van der Waals surface area contributed by atoms with E-state index < -0.39 is 0 Å². The topological polar surface area (TPSA) is 12.0 Å². The molecule has 0 bridgehead atoms. The van der Waals surface area contributed by atoms with E-state index in [4.69, 9.17) is 0 Å². The zero-order chi connectivity index (χ0) is 22.0. The van der Waals surface area contributed by atoms with Crippen LogP contribution in [0.1, 0.15) is 74.7 Å². The maximum atomic E-state index is 4.21. The minimum atomic E-state index is 0.0753. The monoisotopic (exact) mass is 393 g/mol. The maximum Gasteiger partial charge on any atom is 0.0628 e. The lowest BCUT2D eigenvalue weighted by Crippen LogP contribution is -2.30. The molecule has 0 heterocycles. The van der Waals surface area contributed by atoms with Gasteiger partial charge in [0.2, 0.25) is 0 Å². The molecule has 0 aromatic carbocycles. The van der Waals surface area contributed by atoms with Crippen molar-refractivity contribution < 1.29 is 0 Å². The van der Waals surface area contributed by atoms with Crippen LogP contribution in [0.5, 0.6) is 0 Å². The molecular weight excluding hydrogens is 350 g/mol. The molecule has 2 aliphatic rings. The highest BCUT2D eigenvalue weighted by Gasteiger charge is 2.19. The molecule has 1 N–H and O–H groups in total. The van der Waals surface area contributed by atoms with Crippen LogP contribution in [0.25, 0.3) is 0 Å². The van der Waals surface area contributed by atoms with Gasteiger partial charge in [-0.3, -0.25) is 0 Å². The summed E-state index contributed by atoms with van der Waals surface area (Å²) in [5.41, 5.74) is 8.62. The third-order valence-electron chi connectivity index (χ3n) is 4.94. The van der Waals surface area contributed by atoms with Crippen molar-refractivity contribution in [2.45, 2.75) is 80.7 Å². The molecular formula is C28H43N. The third kappa shape index (κ3) is 10.4. The van der Waals surface area contributed by atoms with E-state index in [1.54, 1.807) is 0 Å². The minimum absolute atomic E-state index is 0.0753. The quantitative estimate of drug-likeness (QED) is 0.376. The van der Waals surface area contributed by atoms with Crippen LogP contribution in [0.2, 0.25) is 0 Å². The van der Waals surface area contributed by atoms with Crippen molar-refractivity contribution in [3.63, 3.8) is 0 Å². The van der Waals surface area contributed by atoms with Crippen molar-refractivity contribution in [1.29, 1.82) is 0 Å². The Kier molecular flexibility index (Phi) is 10.3. The standard InChI is InChI=1S/C24H33N.C4H10/c1-18-11-8-7-9-12-21(15-18)17-22-13-10-14-23(16-19(22)2)25-20(3)24(4,5)6;1-4(2)3/h7,10-12,14-16,22-23,25H,3,8,13,17H2,1-2,4-6H3;4H,1-3H3/b18-11?,21-15+;. The summed E-state index contributed by atoms with van der Waals surface area (Å²) in [5.74, 6) is 1.38. The first-order valence-corrected chi connectivity index (χ1v) is 11.1. The van der Waals surface area contributed by atoms with Crippen LogP contribution in [-0.4, -0.2) is 6.04 Å². The van der Waals surface area contributed by atoms with Crippen LogP contribution < -0.4 is 5.32 Å². The molecule has 0 spiro atoms. The van der Waals surface area contributed by atoms with E-state index >= 15 is 0 Å². The zero-order valence-electron chi connectivity index (χ0n) is 20.1. The van der Waals surface area contributed by atoms with Crippen LogP contribution in [0.4, 0.5) is 0 Å². The van der Waals surface area contributed by atoms with E-state index in [0.29, 0.717) is 5.92 Å². The average Bonchev–Trinajstić information content (AvgIpc) is 2.72. The van der Waals surface area contributed by atoms with Gasteiger partial charge in [-0.25, -0.2) is 0 Å². The molecule has 2 atom stereocenters. The Hall–Kier alpha value is -1.98. The third-order valence-corrected chi connectivity index (χ3v) is 4.94. The molecule has 0 saturated heterocycles. The Bertz CT molecular complexity index is 722. The molecule has 2 rings (SSSR count). The smallest absolute Gasteiger partial charge is 0.0628 e. The van der Waals surface area contributed by atoms with E-state index in [2.05, 4.69) is 116 Å². The summed E-state index contributed by atoms with van der Waals surface area (Å²) in [6.07, 6.45) is 18.9. The molecule has 0 saturated carbocycles. The number of nitrogens with one attached hydrogen (secondary N) is 1. The van der Waals surface area contributed by atoms with Gasteiger partial charge in [-0.05, 0) is 62.7 Å². The Morgan fingerprint density at radius 2 is 1.90 bits per heavy atom. The van der Waals surface area contributed by atoms with Crippen LogP contribution in [-0.2, 0) is 0 Å². The second-order valence-corrected chi connectivity index (χ2v) is 10.0. The van der Waals surface area contributed by atoms with E-state index in [1.165, 1.54) is 16.7 Å². The maximum absolute atomic E-state index is 4.21. The fourth-order valence-electron chi connectivity index (χ4n) is 3.08. The van der Waals surface area contributed by atoms with Gasteiger partial charge < -0.3 is 5.32 Å². The highest BCUT2D eigenvalue weighted by atomic mass is 14.9. The molecule has 29 heavy (non-hydrogen) atoms. The molecule has 1 nitrogen and oxygen atoms in total. The van der Waals surface area contributed by atoms with Gasteiger partial charge in [-0.1, -0.05) is 89.6 Å². The minimum Gasteiger partial charge on any atom is -0.379 e. The van der Waals surface area contributed by atoms with E-state index in [9.17, 15) is 0 Å². The first-order chi connectivity index (χ1) is 13.5. The first kappa shape index (κ1) is 25.1. The summed E-state index contributed by atoms with van der Waals surface area (Å²) in [4.78, 5) is 0. The molecule has 0 aromatic heterocycles. The summed E-state index contributed by atoms with van der Waals surface area (Å²) in [6, 6.07) is 0.236. The zero-order valence-corrected chi connectivity index (χ0v) is 20.1. The van der Waals surface area contributed by atoms with Gasteiger partial charge in [0, 0.05) is 11.1 Å². The lowest BCUT2D eigenvalue weighted by Gasteiger charge is -2.26. The molecule has 0 aromatic rings. The van der Waals surface area contributed by atoms with Crippen LogP contribution in [0, 0.1) is 17.3 Å². The summed E-state index contributed by atoms with van der Waals surface area (Å²) in [7, 11) is 0. The fraction of sp³-hybridized carbons (Fsp3) is 0.536. The Morgan fingerprint density at radius 3 is 2.52 bits per heavy atom. The molecule has 0 aliphatic heterocycles. The number of hydrogen-bond donors (Lipinski definition) is 1. The van der Waals surface area contributed by atoms with E-state index in [-0.39, 0.29) is 11.5 Å². The van der Waals surface area contributed by atoms with Gasteiger partial charge in [0.15, 0.2) is 0 Å². The SMILES string of the molecule is C=C(NC1C=CCC(C/C2=C/C(C)=CCC=C=C2)C(C)=C1)C(C)(C)C.CC(C)C. The second-order valence-electron chi connectivity index (χ2n) is 10.0. The Morgan fingerprint density at radius 1 is 1.24 bits per heavy atom. The number of allylic oxidation sites excluding steroid dienone is 8. The summed E-state index contributed by atoms with van der Waals surface area (Å²) in [5, 5.41) is 3.57. The summed E-state index contributed by atoms with van der Waals surface area (Å²) >= 11 is 0. The van der Waals surface area contributed by atoms with Gasteiger partial charge >= 0.3 is 0 Å². The molecule has 1 heteroatoms. The Balaban J connectivity index is 0.000000960. The summed E-state index contributed by atoms with van der Waals surface area (Å²) < 4.78 is 0. The molecule has 0 amide bonds. The van der Waals surface area contributed by atoms with Crippen LogP contribution in [0.3, 0.4) is 0 Å². The van der Waals surface area contributed by atoms with E-state index in [1.807, 2.05) is 0 Å². The molecule has 160 valence electrons. The first-order valence-electron chi connectivity index (χ1n) is 11.1. The highest BCUT2D eigenvalue weighted by Crippen LogP contribution is 2.29. The fourth-order valence-corrected chi connectivity index (χ4v) is 3.08. The van der Waals surface area contributed by atoms with E-state index in [0.717, 1.165) is 30.9 Å². The molecule has 2 unspecified atom stereocenters. The van der Waals surface area contributed by atoms with Gasteiger partial charge in [-0.2, -0.15) is 0 Å². The average molecular weight is 394 g/mol. The second kappa shape index (κ2) is 11.9. The lowest BCUT2D eigenvalue weighted by molar-refractivity contribution is 0.459. The highest BCUT2D eigenvalue weighted by molar-refractivity contribution is 5.33. The Labute approximate surface area is 180 Å². The van der Waals surface area contributed by atoms with Gasteiger partial charge in [0.25, 0.3) is 0 Å². The van der Waals surface area contributed by atoms with Crippen molar-refractivity contribution in [2.75, 3.05) is 0 Å². The van der Waals surface area contributed by atoms with Crippen molar-refractivity contribution in [3.8, 4) is 0 Å². The van der Waals surface area contributed by atoms with Crippen molar-refractivity contribution in [1.82, 2.24) is 5.32 Å². The lowest BCUT2D eigenvalue weighted by atomic mass is 9.89. The van der Waals surface area contributed by atoms with Gasteiger partial charge in [0.05, 0.1) is 6.04 Å². The van der Waals surface area contributed by atoms with Crippen LogP contribution in [0.15, 0.2) is 77.3 Å². The molecule has 0 fully saturated rings. The summed E-state index contributed by atoms with van der Waals surface area (Å²) in [6.45, 7) is 21.7. The number of hydrogen-bond acceptors (Lipinski definition) is 1. The van der Waals surface area contributed by atoms with Gasteiger partial charge in [-0.15, -0.1) is 5.73 Å². The predicted octanol–water partition coefficient (Wildman–Crippen LogP) is 8.07. The predicted molar refractivity (Wildman–Crippen MR) is 131 cm³/mol. The van der Waals surface area contributed by atoms with Crippen molar-refractivity contribution in [2.24, 2.45) is 17.3 Å². The molecule has 0 radical (unpaired) electrons. The largest absolute Gasteiger partial charge is 0.379 e. The van der Waals surface area contributed by atoms with Crippen LogP contribution >= 0.6 is 0 Å². The normalized spacial score (nSPS) is 23.6. The van der Waals surface area contributed by atoms with Crippen molar-refractivity contribution in [3.05, 3.63) is 77.3 Å². The van der Waals surface area contributed by atoms with Gasteiger partial charge in [0.1, 0.15) is 0 Å². The number of rotatable bonds is 4.